The van der Waals surface area contributed by atoms with Crippen molar-refractivity contribution in [1.82, 2.24) is 4.98 Å². The summed E-state index contributed by atoms with van der Waals surface area (Å²) in [6, 6.07) is 0. The summed E-state index contributed by atoms with van der Waals surface area (Å²) in [6.07, 6.45) is 4.49. The minimum absolute atomic E-state index is 0.728. The first-order chi connectivity index (χ1) is 7.59. The van der Waals surface area contributed by atoms with Crippen LogP contribution in [0.25, 0.3) is 0 Å². The number of hydrogen-bond donors (Lipinski definition) is 2. The second-order valence-corrected chi connectivity index (χ2v) is 5.49. The van der Waals surface area contributed by atoms with E-state index in [1.165, 1.54) is 12.8 Å². The van der Waals surface area contributed by atoms with E-state index in [0.717, 1.165) is 39.9 Å². The fraction of sp³-hybridized carbons (Fsp3) is 0.583. The first kappa shape index (κ1) is 11.7. The Balaban J connectivity index is 2.01. The van der Waals surface area contributed by atoms with Crippen molar-refractivity contribution in [3.63, 3.8) is 0 Å². The maximum atomic E-state index is 5.78. The van der Waals surface area contributed by atoms with Gasteiger partial charge in [0.15, 0.2) is 0 Å². The smallest absolute Gasteiger partial charge is 0.140 e. The molecule has 4 heteroatoms. The van der Waals surface area contributed by atoms with Crippen molar-refractivity contribution in [2.45, 2.75) is 26.7 Å². The van der Waals surface area contributed by atoms with Gasteiger partial charge >= 0.3 is 0 Å². The summed E-state index contributed by atoms with van der Waals surface area (Å²) in [5.74, 6) is 2.55. The van der Waals surface area contributed by atoms with Gasteiger partial charge in [0.25, 0.3) is 0 Å². The zero-order chi connectivity index (χ0) is 11.7. The van der Waals surface area contributed by atoms with Crippen LogP contribution in [0.4, 0.5) is 11.5 Å². The van der Waals surface area contributed by atoms with Crippen molar-refractivity contribution in [1.29, 1.82) is 0 Å². The predicted molar refractivity (Wildman–Crippen MR) is 71.5 cm³/mol. The number of halogens is 1. The minimum atomic E-state index is 0.728. The molecule has 1 aliphatic rings. The number of hydrogen-bond acceptors (Lipinski definition) is 3. The summed E-state index contributed by atoms with van der Waals surface area (Å²) < 4.78 is 0.982. The normalized spacial score (nSPS) is 17.2. The van der Waals surface area contributed by atoms with Crippen LogP contribution >= 0.6 is 15.9 Å². The lowest BCUT2D eigenvalue weighted by atomic mass is 10.1. The van der Waals surface area contributed by atoms with Crippen LogP contribution in [0.1, 0.15) is 25.3 Å². The van der Waals surface area contributed by atoms with Gasteiger partial charge in [-0.25, -0.2) is 4.98 Å². The molecule has 1 aliphatic carbocycles. The lowest BCUT2D eigenvalue weighted by molar-refractivity contribution is 0.536. The summed E-state index contributed by atoms with van der Waals surface area (Å²) in [6.45, 7) is 5.28. The van der Waals surface area contributed by atoms with E-state index < -0.39 is 0 Å². The van der Waals surface area contributed by atoms with Gasteiger partial charge in [0.1, 0.15) is 5.82 Å². The highest BCUT2D eigenvalue weighted by Gasteiger charge is 2.27. The predicted octanol–water partition coefficient (Wildman–Crippen LogP) is 3.19. The summed E-state index contributed by atoms with van der Waals surface area (Å²) >= 11 is 3.53. The Labute approximate surface area is 105 Å². The molecule has 0 aliphatic heterocycles. The Morgan fingerprint density at radius 2 is 2.31 bits per heavy atom. The lowest BCUT2D eigenvalue weighted by Gasteiger charge is -2.14. The zero-order valence-corrected chi connectivity index (χ0v) is 11.3. The molecule has 1 heterocycles. The molecule has 2 rings (SSSR count). The maximum Gasteiger partial charge on any atom is 0.140 e. The third-order valence-corrected chi connectivity index (χ3v) is 4.29. The van der Waals surface area contributed by atoms with E-state index in [2.05, 4.69) is 33.2 Å². The number of anilines is 2. The monoisotopic (exact) mass is 283 g/mol. The Bertz CT molecular complexity index is 388. The highest BCUT2D eigenvalue weighted by Crippen LogP contribution is 2.37. The second kappa shape index (κ2) is 4.62. The van der Waals surface area contributed by atoms with Crippen molar-refractivity contribution < 1.29 is 0 Å². The third kappa shape index (κ3) is 2.48. The summed E-state index contributed by atoms with van der Waals surface area (Å²) in [5.41, 5.74) is 7.57. The van der Waals surface area contributed by atoms with Crippen molar-refractivity contribution >= 4 is 27.4 Å². The SMILES string of the molecule is Cc1c(N)cnc(NCC(C)C2CC2)c1Br. The first-order valence-corrected chi connectivity index (χ1v) is 6.53. The van der Waals surface area contributed by atoms with Crippen LogP contribution in [0.5, 0.6) is 0 Å². The molecule has 88 valence electrons. The van der Waals surface area contributed by atoms with Crippen LogP contribution in [0, 0.1) is 18.8 Å². The van der Waals surface area contributed by atoms with Crippen molar-refractivity contribution in [2.75, 3.05) is 17.6 Å². The van der Waals surface area contributed by atoms with Gasteiger partial charge in [0.05, 0.1) is 16.4 Å². The minimum Gasteiger partial charge on any atom is -0.397 e. The molecule has 16 heavy (non-hydrogen) atoms. The number of pyridine rings is 1. The molecule has 1 aromatic heterocycles. The Morgan fingerprint density at radius 3 is 2.94 bits per heavy atom. The van der Waals surface area contributed by atoms with Gasteiger partial charge in [0.2, 0.25) is 0 Å². The van der Waals surface area contributed by atoms with Crippen LogP contribution in [0.3, 0.4) is 0 Å². The number of nitrogens with zero attached hydrogens (tertiary/aromatic N) is 1. The van der Waals surface area contributed by atoms with Crippen LogP contribution < -0.4 is 11.1 Å². The third-order valence-electron chi connectivity index (χ3n) is 3.32. The van der Waals surface area contributed by atoms with Crippen molar-refractivity contribution in [2.24, 2.45) is 11.8 Å². The maximum absolute atomic E-state index is 5.78. The number of nitrogens with one attached hydrogen (secondary N) is 1. The Hall–Kier alpha value is -0.770. The molecule has 0 saturated heterocycles. The zero-order valence-electron chi connectivity index (χ0n) is 9.76. The molecule has 0 aromatic carbocycles. The van der Waals surface area contributed by atoms with Crippen LogP contribution in [-0.2, 0) is 0 Å². The fourth-order valence-electron chi connectivity index (χ4n) is 1.80. The van der Waals surface area contributed by atoms with Crippen molar-refractivity contribution in [3.05, 3.63) is 16.2 Å². The number of rotatable bonds is 4. The van der Waals surface area contributed by atoms with E-state index in [-0.39, 0.29) is 0 Å². The fourth-order valence-corrected chi connectivity index (χ4v) is 2.28. The largest absolute Gasteiger partial charge is 0.397 e. The van der Waals surface area contributed by atoms with E-state index in [1.54, 1.807) is 6.20 Å². The lowest BCUT2D eigenvalue weighted by Crippen LogP contribution is -2.14. The van der Waals surface area contributed by atoms with E-state index in [9.17, 15) is 0 Å². The molecule has 1 atom stereocenters. The molecule has 0 spiro atoms. The van der Waals surface area contributed by atoms with Crippen LogP contribution in [0.15, 0.2) is 10.7 Å². The summed E-state index contributed by atoms with van der Waals surface area (Å²) in [5, 5.41) is 3.39. The number of aromatic nitrogens is 1. The highest BCUT2D eigenvalue weighted by molar-refractivity contribution is 9.10. The van der Waals surface area contributed by atoms with Gasteiger partial charge in [-0.2, -0.15) is 0 Å². The van der Waals surface area contributed by atoms with Gasteiger partial charge in [0, 0.05) is 6.54 Å². The van der Waals surface area contributed by atoms with Gasteiger partial charge in [-0.1, -0.05) is 6.92 Å². The Kier molecular flexibility index (Phi) is 3.38. The molecule has 1 fully saturated rings. The topological polar surface area (TPSA) is 50.9 Å². The van der Waals surface area contributed by atoms with Gasteiger partial charge in [-0.05, 0) is 53.1 Å². The molecule has 0 bridgehead atoms. The molecule has 1 aromatic rings. The molecule has 1 unspecified atom stereocenters. The average molecular weight is 284 g/mol. The van der Waals surface area contributed by atoms with Crippen molar-refractivity contribution in [3.8, 4) is 0 Å². The van der Waals surface area contributed by atoms with E-state index in [1.807, 2.05) is 6.92 Å². The Morgan fingerprint density at radius 1 is 1.62 bits per heavy atom. The molecule has 0 radical (unpaired) electrons. The van der Waals surface area contributed by atoms with E-state index in [4.69, 9.17) is 5.73 Å². The summed E-state index contributed by atoms with van der Waals surface area (Å²) in [7, 11) is 0. The first-order valence-electron chi connectivity index (χ1n) is 5.74. The molecule has 0 amide bonds. The molecule has 3 N–H and O–H groups in total. The van der Waals surface area contributed by atoms with Crippen LogP contribution in [0.2, 0.25) is 0 Å². The molecule has 1 saturated carbocycles. The quantitative estimate of drug-likeness (QED) is 0.892. The van der Waals surface area contributed by atoms with E-state index in [0.29, 0.717) is 0 Å². The van der Waals surface area contributed by atoms with Gasteiger partial charge < -0.3 is 11.1 Å². The van der Waals surface area contributed by atoms with Gasteiger partial charge in [-0.15, -0.1) is 0 Å². The highest BCUT2D eigenvalue weighted by atomic mass is 79.9. The average Bonchev–Trinajstić information content (AvgIpc) is 3.08. The molecular weight excluding hydrogens is 266 g/mol. The van der Waals surface area contributed by atoms with Gasteiger partial charge in [-0.3, -0.25) is 0 Å². The second-order valence-electron chi connectivity index (χ2n) is 4.70. The summed E-state index contributed by atoms with van der Waals surface area (Å²) in [4.78, 5) is 4.31. The number of nitrogens with two attached hydrogens (primary N) is 1. The van der Waals surface area contributed by atoms with E-state index >= 15 is 0 Å². The van der Waals surface area contributed by atoms with Crippen LogP contribution in [-0.4, -0.2) is 11.5 Å². The number of nitrogen functional groups attached to an aromatic ring is 1. The standard InChI is InChI=1S/C12H18BrN3/c1-7(9-3-4-9)5-15-12-11(13)8(2)10(14)6-16-12/h6-7,9H,3-5,14H2,1-2H3,(H,15,16). The molecular formula is C12H18BrN3. The molecule has 3 nitrogen and oxygen atoms in total.